The normalized spacial score (nSPS) is 20.3. The Morgan fingerprint density at radius 2 is 2.29 bits per heavy atom. The van der Waals surface area contributed by atoms with Crippen molar-refractivity contribution >= 4 is 6.09 Å². The van der Waals surface area contributed by atoms with E-state index >= 15 is 0 Å². The third-order valence-electron chi connectivity index (χ3n) is 2.20. The number of nitrogens with one attached hydrogen (secondary N) is 1. The zero-order valence-electron chi connectivity index (χ0n) is 7.56. The Morgan fingerprint density at radius 1 is 1.50 bits per heavy atom. The molecule has 4 nitrogen and oxygen atoms in total. The molecule has 1 aromatic rings. The Bertz CT molecular complexity index is 351. The van der Waals surface area contributed by atoms with E-state index in [9.17, 15) is 9.90 Å². The molecular formula is C10H11NO3. The zero-order valence-corrected chi connectivity index (χ0v) is 7.56. The monoisotopic (exact) mass is 193 g/mol. The van der Waals surface area contributed by atoms with Crippen molar-refractivity contribution in [1.29, 1.82) is 0 Å². The lowest BCUT2D eigenvalue weighted by Gasteiger charge is -2.08. The van der Waals surface area contributed by atoms with Crippen LogP contribution in [-0.4, -0.2) is 23.8 Å². The maximum Gasteiger partial charge on any atom is 0.407 e. The third kappa shape index (κ3) is 1.79. The van der Waals surface area contributed by atoms with Crippen LogP contribution in [0.3, 0.4) is 0 Å². The Hall–Kier alpha value is -1.71. The minimum Gasteiger partial charge on any atom is -0.508 e. The van der Waals surface area contributed by atoms with Crippen molar-refractivity contribution in [3.63, 3.8) is 0 Å². The van der Waals surface area contributed by atoms with E-state index in [0.29, 0.717) is 13.0 Å². The van der Waals surface area contributed by atoms with E-state index in [-0.39, 0.29) is 17.9 Å². The van der Waals surface area contributed by atoms with Gasteiger partial charge in [0, 0.05) is 0 Å². The molecule has 14 heavy (non-hydrogen) atoms. The molecule has 1 fully saturated rings. The number of alkyl carbamates (subject to hydrolysis) is 1. The lowest BCUT2D eigenvalue weighted by Crippen LogP contribution is -2.28. The standard InChI is InChI=1S/C10H11NO3/c12-9-4-2-1-3-7(9)5-8-6-14-10(13)11-8/h1-4,8,12H,5-6H2,(H,11,13). The van der Waals surface area contributed by atoms with Crippen molar-refractivity contribution in [1.82, 2.24) is 5.32 Å². The van der Waals surface area contributed by atoms with Crippen LogP contribution in [0.1, 0.15) is 5.56 Å². The van der Waals surface area contributed by atoms with Crippen LogP contribution < -0.4 is 5.32 Å². The van der Waals surface area contributed by atoms with E-state index in [2.05, 4.69) is 5.32 Å². The van der Waals surface area contributed by atoms with Crippen LogP contribution in [0.25, 0.3) is 0 Å². The Labute approximate surface area is 81.5 Å². The molecule has 1 aliphatic rings. The van der Waals surface area contributed by atoms with Crippen molar-refractivity contribution in [2.45, 2.75) is 12.5 Å². The number of phenols is 1. The number of amides is 1. The quantitative estimate of drug-likeness (QED) is 0.737. The van der Waals surface area contributed by atoms with Gasteiger partial charge in [-0.1, -0.05) is 18.2 Å². The molecule has 1 heterocycles. The molecular weight excluding hydrogens is 182 g/mol. The number of para-hydroxylation sites is 1. The number of carbonyl (C=O) groups excluding carboxylic acids is 1. The molecule has 0 bridgehead atoms. The second kappa shape index (κ2) is 3.57. The molecule has 1 atom stereocenters. The molecule has 0 saturated carbocycles. The summed E-state index contributed by atoms with van der Waals surface area (Å²) >= 11 is 0. The molecule has 4 heteroatoms. The summed E-state index contributed by atoms with van der Waals surface area (Å²) in [7, 11) is 0. The maximum absolute atomic E-state index is 10.7. The molecule has 2 N–H and O–H groups in total. The number of aromatic hydroxyl groups is 1. The van der Waals surface area contributed by atoms with Gasteiger partial charge in [-0.25, -0.2) is 4.79 Å². The first-order chi connectivity index (χ1) is 6.75. The second-order valence-electron chi connectivity index (χ2n) is 3.27. The van der Waals surface area contributed by atoms with Crippen LogP contribution in [0.5, 0.6) is 5.75 Å². The highest BCUT2D eigenvalue weighted by Gasteiger charge is 2.22. The summed E-state index contributed by atoms with van der Waals surface area (Å²) in [4.78, 5) is 10.7. The third-order valence-corrected chi connectivity index (χ3v) is 2.20. The summed E-state index contributed by atoms with van der Waals surface area (Å²) in [5.74, 6) is 0.258. The molecule has 1 amide bonds. The smallest absolute Gasteiger partial charge is 0.407 e. The predicted molar refractivity (Wildman–Crippen MR) is 50.1 cm³/mol. The van der Waals surface area contributed by atoms with Gasteiger partial charge in [-0.05, 0) is 18.1 Å². The first-order valence-electron chi connectivity index (χ1n) is 4.46. The van der Waals surface area contributed by atoms with Crippen LogP contribution >= 0.6 is 0 Å². The van der Waals surface area contributed by atoms with Gasteiger partial charge in [0.05, 0.1) is 6.04 Å². The molecule has 0 aliphatic carbocycles. The van der Waals surface area contributed by atoms with Gasteiger partial charge in [0.1, 0.15) is 12.4 Å². The van der Waals surface area contributed by atoms with Gasteiger partial charge in [0.2, 0.25) is 0 Å². The average Bonchev–Trinajstić information content (AvgIpc) is 2.56. The fourth-order valence-corrected chi connectivity index (χ4v) is 1.49. The Morgan fingerprint density at radius 3 is 2.93 bits per heavy atom. The first kappa shape index (κ1) is 8.87. The molecule has 1 unspecified atom stereocenters. The van der Waals surface area contributed by atoms with Crippen LogP contribution in [0.4, 0.5) is 4.79 Å². The number of carbonyl (C=O) groups is 1. The minimum absolute atomic E-state index is 0.0317. The first-order valence-corrected chi connectivity index (χ1v) is 4.46. The highest BCUT2D eigenvalue weighted by Crippen LogP contribution is 2.18. The van der Waals surface area contributed by atoms with Crippen molar-refractivity contribution in [3.8, 4) is 5.75 Å². The van der Waals surface area contributed by atoms with E-state index in [1.54, 1.807) is 12.1 Å². The molecule has 2 rings (SSSR count). The fraction of sp³-hybridized carbons (Fsp3) is 0.300. The lowest BCUT2D eigenvalue weighted by atomic mass is 10.1. The molecule has 1 saturated heterocycles. The van der Waals surface area contributed by atoms with E-state index in [4.69, 9.17) is 4.74 Å². The summed E-state index contributed by atoms with van der Waals surface area (Å²) in [6, 6.07) is 7.05. The number of hydrogen-bond donors (Lipinski definition) is 2. The lowest BCUT2D eigenvalue weighted by molar-refractivity contribution is 0.177. The summed E-state index contributed by atoms with van der Waals surface area (Å²) in [5.41, 5.74) is 0.823. The van der Waals surface area contributed by atoms with Crippen LogP contribution in [0.15, 0.2) is 24.3 Å². The van der Waals surface area contributed by atoms with E-state index < -0.39 is 0 Å². The zero-order chi connectivity index (χ0) is 9.97. The molecule has 1 aliphatic heterocycles. The van der Waals surface area contributed by atoms with Gasteiger partial charge in [0.15, 0.2) is 0 Å². The number of phenolic OH excluding ortho intramolecular Hbond substituents is 1. The summed E-state index contributed by atoms with van der Waals surface area (Å²) in [6.07, 6.45) is 0.212. The topological polar surface area (TPSA) is 58.6 Å². The van der Waals surface area contributed by atoms with Gasteiger partial charge in [-0.2, -0.15) is 0 Å². The number of cyclic esters (lactones) is 1. The van der Waals surface area contributed by atoms with Gasteiger partial charge in [0.25, 0.3) is 0 Å². The van der Waals surface area contributed by atoms with Crippen molar-refractivity contribution in [3.05, 3.63) is 29.8 Å². The highest BCUT2D eigenvalue weighted by molar-refractivity contribution is 5.69. The molecule has 0 aromatic heterocycles. The molecule has 0 spiro atoms. The predicted octanol–water partition coefficient (Wildman–Crippen LogP) is 1.04. The number of ether oxygens (including phenoxy) is 1. The van der Waals surface area contributed by atoms with Crippen molar-refractivity contribution < 1.29 is 14.6 Å². The van der Waals surface area contributed by atoms with Gasteiger partial charge >= 0.3 is 6.09 Å². The fourth-order valence-electron chi connectivity index (χ4n) is 1.49. The molecule has 0 radical (unpaired) electrons. The summed E-state index contributed by atoms with van der Waals surface area (Å²) < 4.78 is 4.75. The number of rotatable bonds is 2. The van der Waals surface area contributed by atoms with E-state index in [0.717, 1.165) is 5.56 Å². The van der Waals surface area contributed by atoms with E-state index in [1.807, 2.05) is 12.1 Å². The van der Waals surface area contributed by atoms with Crippen LogP contribution in [-0.2, 0) is 11.2 Å². The van der Waals surface area contributed by atoms with Crippen LogP contribution in [0.2, 0.25) is 0 Å². The summed E-state index contributed by atoms with van der Waals surface area (Å²) in [6.45, 7) is 0.368. The highest BCUT2D eigenvalue weighted by atomic mass is 16.6. The molecule has 1 aromatic carbocycles. The second-order valence-corrected chi connectivity index (χ2v) is 3.27. The SMILES string of the molecule is O=C1NC(Cc2ccccc2O)CO1. The Kier molecular flexibility index (Phi) is 2.26. The van der Waals surface area contributed by atoms with Gasteiger partial charge < -0.3 is 15.2 Å². The maximum atomic E-state index is 10.7. The van der Waals surface area contributed by atoms with Crippen molar-refractivity contribution in [2.24, 2.45) is 0 Å². The summed E-state index contributed by atoms with van der Waals surface area (Å²) in [5, 5.41) is 12.1. The van der Waals surface area contributed by atoms with Crippen molar-refractivity contribution in [2.75, 3.05) is 6.61 Å². The number of benzene rings is 1. The van der Waals surface area contributed by atoms with E-state index in [1.165, 1.54) is 0 Å². The van der Waals surface area contributed by atoms with Gasteiger partial charge in [-0.15, -0.1) is 0 Å². The van der Waals surface area contributed by atoms with Crippen LogP contribution in [0, 0.1) is 0 Å². The van der Waals surface area contributed by atoms with Gasteiger partial charge in [-0.3, -0.25) is 0 Å². The largest absolute Gasteiger partial charge is 0.508 e. The minimum atomic E-state index is -0.384. The number of hydrogen-bond acceptors (Lipinski definition) is 3. The Balaban J connectivity index is 2.04. The average molecular weight is 193 g/mol. The molecule has 74 valence electrons.